The Kier molecular flexibility index (Phi) is 4.54. The summed E-state index contributed by atoms with van der Waals surface area (Å²) in [5.74, 6) is 0. The SMILES string of the molecule is CNC(C)c1ccc(N2CCOC(C)(C)C2)cc1Br. The van der Waals surface area contributed by atoms with Gasteiger partial charge in [0.1, 0.15) is 0 Å². The lowest BCUT2D eigenvalue weighted by Gasteiger charge is -2.39. The van der Waals surface area contributed by atoms with E-state index in [0.717, 1.165) is 24.2 Å². The summed E-state index contributed by atoms with van der Waals surface area (Å²) in [7, 11) is 1.98. The van der Waals surface area contributed by atoms with Crippen LogP contribution in [0.2, 0.25) is 0 Å². The summed E-state index contributed by atoms with van der Waals surface area (Å²) in [5, 5.41) is 3.27. The van der Waals surface area contributed by atoms with Crippen molar-refractivity contribution in [2.24, 2.45) is 0 Å². The first-order chi connectivity index (χ1) is 8.93. The molecule has 0 spiro atoms. The molecule has 1 aromatic carbocycles. The third kappa shape index (κ3) is 3.50. The maximum Gasteiger partial charge on any atom is 0.0801 e. The molecular weight excluding hydrogens is 304 g/mol. The van der Waals surface area contributed by atoms with Crippen LogP contribution in [-0.4, -0.2) is 32.3 Å². The average molecular weight is 327 g/mol. The fourth-order valence-electron chi connectivity index (χ4n) is 2.46. The summed E-state index contributed by atoms with van der Waals surface area (Å²) in [5.41, 5.74) is 2.48. The first kappa shape index (κ1) is 14.8. The maximum atomic E-state index is 5.76. The Labute approximate surface area is 124 Å². The molecule has 1 N–H and O–H groups in total. The van der Waals surface area contributed by atoms with Crippen LogP contribution in [0, 0.1) is 0 Å². The second-order valence-electron chi connectivity index (χ2n) is 5.75. The van der Waals surface area contributed by atoms with Gasteiger partial charge in [0.15, 0.2) is 0 Å². The second kappa shape index (κ2) is 5.81. The summed E-state index contributed by atoms with van der Waals surface area (Å²) in [4.78, 5) is 2.39. The fourth-order valence-corrected chi connectivity index (χ4v) is 3.17. The molecule has 106 valence electrons. The number of halogens is 1. The van der Waals surface area contributed by atoms with Gasteiger partial charge in [0.05, 0.1) is 12.2 Å². The predicted molar refractivity (Wildman–Crippen MR) is 83.9 cm³/mol. The smallest absolute Gasteiger partial charge is 0.0801 e. The molecule has 1 heterocycles. The van der Waals surface area contributed by atoms with Gasteiger partial charge >= 0.3 is 0 Å². The maximum absolute atomic E-state index is 5.76. The van der Waals surface area contributed by atoms with Gasteiger partial charge < -0.3 is 15.0 Å². The summed E-state index contributed by atoms with van der Waals surface area (Å²) < 4.78 is 6.93. The first-order valence-electron chi connectivity index (χ1n) is 6.78. The molecule has 1 aromatic rings. The number of nitrogens with one attached hydrogen (secondary N) is 1. The van der Waals surface area contributed by atoms with Crippen molar-refractivity contribution in [2.45, 2.75) is 32.4 Å². The first-order valence-corrected chi connectivity index (χ1v) is 7.58. The van der Waals surface area contributed by atoms with Gasteiger partial charge in [-0.05, 0) is 45.5 Å². The highest BCUT2D eigenvalue weighted by molar-refractivity contribution is 9.10. The molecule has 1 fully saturated rings. The van der Waals surface area contributed by atoms with Crippen molar-refractivity contribution in [3.8, 4) is 0 Å². The van der Waals surface area contributed by atoms with Crippen LogP contribution in [0.15, 0.2) is 22.7 Å². The van der Waals surface area contributed by atoms with Gasteiger partial charge in [-0.1, -0.05) is 22.0 Å². The monoisotopic (exact) mass is 326 g/mol. The molecule has 0 radical (unpaired) electrons. The molecule has 0 aromatic heterocycles. The van der Waals surface area contributed by atoms with Crippen molar-refractivity contribution in [3.05, 3.63) is 28.2 Å². The van der Waals surface area contributed by atoms with Crippen molar-refractivity contribution in [1.82, 2.24) is 5.32 Å². The predicted octanol–water partition coefficient (Wildman–Crippen LogP) is 3.34. The Morgan fingerprint density at radius 1 is 1.42 bits per heavy atom. The van der Waals surface area contributed by atoms with Gasteiger partial charge in [0.25, 0.3) is 0 Å². The molecule has 2 rings (SSSR count). The zero-order chi connectivity index (χ0) is 14.0. The standard InChI is InChI=1S/C15H23BrN2O/c1-11(17-4)13-6-5-12(9-14(13)16)18-7-8-19-15(2,3)10-18/h5-6,9,11,17H,7-8,10H2,1-4H3. The van der Waals surface area contributed by atoms with Gasteiger partial charge in [-0.15, -0.1) is 0 Å². The minimum atomic E-state index is -0.0678. The number of hydrogen-bond acceptors (Lipinski definition) is 3. The Hall–Kier alpha value is -0.580. The number of hydrogen-bond donors (Lipinski definition) is 1. The van der Waals surface area contributed by atoms with Crippen molar-refractivity contribution < 1.29 is 4.74 Å². The molecule has 1 aliphatic rings. The fraction of sp³-hybridized carbons (Fsp3) is 0.600. The number of ether oxygens (including phenoxy) is 1. The van der Waals surface area contributed by atoms with E-state index in [2.05, 4.69) is 65.1 Å². The summed E-state index contributed by atoms with van der Waals surface area (Å²) in [6.45, 7) is 9.13. The van der Waals surface area contributed by atoms with Crippen molar-refractivity contribution in [3.63, 3.8) is 0 Å². The quantitative estimate of drug-likeness (QED) is 0.921. The van der Waals surface area contributed by atoms with Crippen molar-refractivity contribution in [1.29, 1.82) is 0 Å². The van der Waals surface area contributed by atoms with Gasteiger partial charge in [-0.2, -0.15) is 0 Å². The van der Waals surface area contributed by atoms with E-state index < -0.39 is 0 Å². The highest BCUT2D eigenvalue weighted by Gasteiger charge is 2.27. The third-order valence-corrected chi connectivity index (χ3v) is 4.36. The van der Waals surface area contributed by atoms with Crippen LogP contribution < -0.4 is 10.2 Å². The van der Waals surface area contributed by atoms with Crippen LogP contribution >= 0.6 is 15.9 Å². The number of nitrogens with zero attached hydrogens (tertiary/aromatic N) is 1. The average Bonchev–Trinajstić information content (AvgIpc) is 2.36. The van der Waals surface area contributed by atoms with Crippen LogP contribution in [0.1, 0.15) is 32.4 Å². The number of anilines is 1. The number of benzene rings is 1. The zero-order valence-corrected chi connectivity index (χ0v) is 13.8. The van der Waals surface area contributed by atoms with Crippen molar-refractivity contribution in [2.75, 3.05) is 31.6 Å². The van der Waals surface area contributed by atoms with E-state index in [4.69, 9.17) is 4.74 Å². The molecule has 4 heteroatoms. The molecule has 0 aliphatic carbocycles. The molecule has 0 amide bonds. The van der Waals surface area contributed by atoms with Crippen LogP contribution in [0.25, 0.3) is 0 Å². The van der Waals surface area contributed by atoms with E-state index in [1.54, 1.807) is 0 Å². The highest BCUT2D eigenvalue weighted by atomic mass is 79.9. The third-order valence-electron chi connectivity index (χ3n) is 3.67. The topological polar surface area (TPSA) is 24.5 Å². The molecule has 1 saturated heterocycles. The molecule has 1 unspecified atom stereocenters. The largest absolute Gasteiger partial charge is 0.372 e. The molecule has 0 bridgehead atoms. The van der Waals surface area contributed by atoms with Crippen LogP contribution in [0.4, 0.5) is 5.69 Å². The number of morpholine rings is 1. The Morgan fingerprint density at radius 2 is 2.16 bits per heavy atom. The minimum absolute atomic E-state index is 0.0678. The van der Waals surface area contributed by atoms with Gasteiger partial charge in [-0.3, -0.25) is 0 Å². The highest BCUT2D eigenvalue weighted by Crippen LogP contribution is 2.30. The molecule has 3 nitrogen and oxygen atoms in total. The Morgan fingerprint density at radius 3 is 2.74 bits per heavy atom. The van der Waals surface area contributed by atoms with Crippen LogP contribution in [0.3, 0.4) is 0 Å². The van der Waals surface area contributed by atoms with Crippen LogP contribution in [0.5, 0.6) is 0 Å². The molecule has 1 atom stereocenters. The summed E-state index contributed by atoms with van der Waals surface area (Å²) in [6.07, 6.45) is 0. The van der Waals surface area contributed by atoms with E-state index in [1.807, 2.05) is 7.05 Å². The summed E-state index contributed by atoms with van der Waals surface area (Å²) >= 11 is 3.69. The Balaban J connectivity index is 2.20. The molecular formula is C15H23BrN2O. The molecule has 19 heavy (non-hydrogen) atoms. The summed E-state index contributed by atoms with van der Waals surface area (Å²) in [6, 6.07) is 6.97. The lowest BCUT2D eigenvalue weighted by molar-refractivity contribution is -0.0276. The van der Waals surface area contributed by atoms with E-state index in [1.165, 1.54) is 11.3 Å². The van der Waals surface area contributed by atoms with E-state index >= 15 is 0 Å². The van der Waals surface area contributed by atoms with E-state index in [9.17, 15) is 0 Å². The van der Waals surface area contributed by atoms with Gasteiger partial charge in [-0.25, -0.2) is 0 Å². The van der Waals surface area contributed by atoms with Gasteiger partial charge in [0.2, 0.25) is 0 Å². The minimum Gasteiger partial charge on any atom is -0.372 e. The zero-order valence-electron chi connectivity index (χ0n) is 12.2. The number of rotatable bonds is 3. The molecule has 0 saturated carbocycles. The Bertz CT molecular complexity index is 448. The normalized spacial score (nSPS) is 20.4. The second-order valence-corrected chi connectivity index (χ2v) is 6.60. The molecule has 1 aliphatic heterocycles. The lowest BCUT2D eigenvalue weighted by Crippen LogP contribution is -2.48. The van der Waals surface area contributed by atoms with Crippen molar-refractivity contribution >= 4 is 21.6 Å². The van der Waals surface area contributed by atoms with Crippen LogP contribution in [-0.2, 0) is 4.74 Å². The van der Waals surface area contributed by atoms with E-state index in [0.29, 0.717) is 6.04 Å². The van der Waals surface area contributed by atoms with Gasteiger partial charge in [0, 0.05) is 29.3 Å². The lowest BCUT2D eigenvalue weighted by atomic mass is 10.0. The van der Waals surface area contributed by atoms with E-state index in [-0.39, 0.29) is 5.60 Å².